The molecular formula is C14H12N2O3. The van der Waals surface area contributed by atoms with Crippen molar-refractivity contribution in [1.29, 1.82) is 0 Å². The molecular weight excluding hydrogens is 244 g/mol. The van der Waals surface area contributed by atoms with Crippen LogP contribution in [0, 0.1) is 6.92 Å². The number of nitrogens with one attached hydrogen (secondary N) is 1. The van der Waals surface area contributed by atoms with Crippen LogP contribution < -0.4 is 5.32 Å². The van der Waals surface area contributed by atoms with Crippen molar-refractivity contribution in [2.45, 2.75) is 6.92 Å². The lowest BCUT2D eigenvalue weighted by molar-refractivity contribution is 0.0698. The fourth-order valence-electron chi connectivity index (χ4n) is 1.68. The summed E-state index contributed by atoms with van der Waals surface area (Å²) >= 11 is 0. The number of anilines is 1. The molecule has 0 radical (unpaired) electrons. The third-order valence-corrected chi connectivity index (χ3v) is 2.63. The summed E-state index contributed by atoms with van der Waals surface area (Å²) < 4.78 is 0. The van der Waals surface area contributed by atoms with E-state index in [4.69, 9.17) is 5.11 Å². The Labute approximate surface area is 109 Å². The van der Waals surface area contributed by atoms with Crippen molar-refractivity contribution in [3.63, 3.8) is 0 Å². The number of carbonyl (C=O) groups is 2. The Balaban J connectivity index is 2.30. The van der Waals surface area contributed by atoms with E-state index < -0.39 is 11.9 Å². The smallest absolute Gasteiger partial charge is 0.337 e. The number of nitrogens with zero attached hydrogens (tertiary/aromatic N) is 1. The average Bonchev–Trinajstić information content (AvgIpc) is 2.39. The van der Waals surface area contributed by atoms with E-state index in [1.807, 2.05) is 0 Å². The predicted molar refractivity (Wildman–Crippen MR) is 70.3 cm³/mol. The number of pyridine rings is 1. The summed E-state index contributed by atoms with van der Waals surface area (Å²) in [6.07, 6.45) is 1.52. The topological polar surface area (TPSA) is 79.3 Å². The Hall–Kier alpha value is -2.69. The number of para-hydroxylation sites is 1. The van der Waals surface area contributed by atoms with Crippen molar-refractivity contribution in [2.75, 3.05) is 5.32 Å². The van der Waals surface area contributed by atoms with Gasteiger partial charge in [-0.1, -0.05) is 18.2 Å². The molecule has 2 rings (SSSR count). The van der Waals surface area contributed by atoms with Crippen LogP contribution in [0.15, 0.2) is 42.6 Å². The number of rotatable bonds is 3. The second-order valence-corrected chi connectivity index (χ2v) is 3.97. The van der Waals surface area contributed by atoms with Gasteiger partial charge in [0.2, 0.25) is 0 Å². The minimum atomic E-state index is -1.09. The fraction of sp³-hybridized carbons (Fsp3) is 0.0714. The first-order chi connectivity index (χ1) is 9.09. The highest BCUT2D eigenvalue weighted by Gasteiger charge is 2.14. The van der Waals surface area contributed by atoms with Crippen LogP contribution >= 0.6 is 0 Å². The van der Waals surface area contributed by atoms with Crippen LogP contribution in [0.5, 0.6) is 0 Å². The van der Waals surface area contributed by atoms with E-state index in [1.54, 1.807) is 37.3 Å². The van der Waals surface area contributed by atoms with Crippen LogP contribution in [0.4, 0.5) is 5.69 Å². The molecule has 0 bridgehead atoms. The van der Waals surface area contributed by atoms with Gasteiger partial charge in [-0.05, 0) is 30.7 Å². The van der Waals surface area contributed by atoms with Crippen molar-refractivity contribution in [2.24, 2.45) is 0 Å². The van der Waals surface area contributed by atoms with Gasteiger partial charge in [-0.3, -0.25) is 9.78 Å². The molecule has 19 heavy (non-hydrogen) atoms. The number of carboxylic acids is 1. The largest absolute Gasteiger partial charge is 0.478 e. The summed E-state index contributed by atoms with van der Waals surface area (Å²) in [5.41, 5.74) is 1.31. The highest BCUT2D eigenvalue weighted by atomic mass is 16.4. The zero-order chi connectivity index (χ0) is 13.8. The van der Waals surface area contributed by atoms with Gasteiger partial charge >= 0.3 is 5.97 Å². The van der Waals surface area contributed by atoms with E-state index in [9.17, 15) is 9.59 Å². The Morgan fingerprint density at radius 1 is 1.16 bits per heavy atom. The molecule has 0 aliphatic rings. The first kappa shape index (κ1) is 12.8. The van der Waals surface area contributed by atoms with Crippen LogP contribution in [0.25, 0.3) is 0 Å². The van der Waals surface area contributed by atoms with Crippen molar-refractivity contribution in [3.8, 4) is 0 Å². The van der Waals surface area contributed by atoms with Crippen LogP contribution in [-0.4, -0.2) is 22.0 Å². The van der Waals surface area contributed by atoms with E-state index in [2.05, 4.69) is 10.3 Å². The first-order valence-corrected chi connectivity index (χ1v) is 5.65. The zero-order valence-electron chi connectivity index (χ0n) is 10.3. The summed E-state index contributed by atoms with van der Waals surface area (Å²) in [6, 6.07) is 9.74. The SMILES string of the molecule is Cc1cccnc1C(=O)Nc1ccccc1C(=O)O. The lowest BCUT2D eigenvalue weighted by Gasteiger charge is -2.08. The molecule has 0 spiro atoms. The number of carbonyl (C=O) groups excluding carboxylic acids is 1. The third-order valence-electron chi connectivity index (χ3n) is 2.63. The molecule has 0 unspecified atom stereocenters. The van der Waals surface area contributed by atoms with Gasteiger partial charge in [0.1, 0.15) is 5.69 Å². The van der Waals surface area contributed by atoms with Crippen LogP contribution in [0.1, 0.15) is 26.4 Å². The van der Waals surface area contributed by atoms with Crippen molar-refractivity contribution >= 4 is 17.6 Å². The van der Waals surface area contributed by atoms with E-state index in [0.717, 1.165) is 5.56 Å². The lowest BCUT2D eigenvalue weighted by atomic mass is 10.1. The standard InChI is InChI=1S/C14H12N2O3/c1-9-5-4-8-15-12(9)13(17)16-11-7-3-2-6-10(11)14(18)19/h2-8H,1H3,(H,16,17)(H,18,19). The molecule has 5 nitrogen and oxygen atoms in total. The molecule has 96 valence electrons. The molecule has 0 saturated heterocycles. The lowest BCUT2D eigenvalue weighted by Crippen LogP contribution is -2.17. The molecule has 1 amide bonds. The highest BCUT2D eigenvalue weighted by Crippen LogP contribution is 2.16. The molecule has 2 aromatic rings. The van der Waals surface area contributed by atoms with Crippen LogP contribution in [0.3, 0.4) is 0 Å². The summed E-state index contributed by atoms with van der Waals surface area (Å²) in [6.45, 7) is 1.77. The Morgan fingerprint density at radius 3 is 2.58 bits per heavy atom. The maximum atomic E-state index is 12.0. The van der Waals surface area contributed by atoms with Gasteiger partial charge in [0.25, 0.3) is 5.91 Å². The highest BCUT2D eigenvalue weighted by molar-refractivity contribution is 6.07. The van der Waals surface area contributed by atoms with Gasteiger partial charge in [0.15, 0.2) is 0 Å². The van der Waals surface area contributed by atoms with E-state index in [1.165, 1.54) is 12.3 Å². The van der Waals surface area contributed by atoms with Crippen molar-refractivity contribution in [1.82, 2.24) is 4.98 Å². The maximum absolute atomic E-state index is 12.0. The number of benzene rings is 1. The zero-order valence-corrected chi connectivity index (χ0v) is 10.3. The van der Waals surface area contributed by atoms with Gasteiger partial charge in [-0.25, -0.2) is 4.79 Å². The maximum Gasteiger partial charge on any atom is 0.337 e. The molecule has 5 heteroatoms. The minimum Gasteiger partial charge on any atom is -0.478 e. The number of aryl methyl sites for hydroxylation is 1. The summed E-state index contributed by atoms with van der Waals surface area (Å²) in [4.78, 5) is 27.1. The molecule has 2 N–H and O–H groups in total. The van der Waals surface area contributed by atoms with Gasteiger partial charge in [0, 0.05) is 6.20 Å². The molecule has 0 atom stereocenters. The minimum absolute atomic E-state index is 0.0458. The van der Waals surface area contributed by atoms with E-state index >= 15 is 0 Å². The molecule has 1 aromatic carbocycles. The van der Waals surface area contributed by atoms with Gasteiger partial charge in [-0.15, -0.1) is 0 Å². The number of aromatic carboxylic acids is 1. The van der Waals surface area contributed by atoms with Crippen molar-refractivity contribution in [3.05, 3.63) is 59.4 Å². The number of aromatic nitrogens is 1. The van der Waals surface area contributed by atoms with Crippen LogP contribution in [0.2, 0.25) is 0 Å². The van der Waals surface area contributed by atoms with Gasteiger partial charge in [-0.2, -0.15) is 0 Å². The third kappa shape index (κ3) is 2.77. The molecule has 0 aliphatic heterocycles. The molecule has 0 fully saturated rings. The van der Waals surface area contributed by atoms with Gasteiger partial charge in [0.05, 0.1) is 11.3 Å². The summed E-state index contributed by atoms with van der Waals surface area (Å²) in [5.74, 6) is -1.51. The van der Waals surface area contributed by atoms with E-state index in [0.29, 0.717) is 0 Å². The number of amides is 1. The monoisotopic (exact) mass is 256 g/mol. The molecule has 0 aliphatic carbocycles. The summed E-state index contributed by atoms with van der Waals surface area (Å²) in [7, 11) is 0. The second kappa shape index (κ2) is 5.30. The summed E-state index contributed by atoms with van der Waals surface area (Å²) in [5, 5.41) is 11.6. The molecule has 1 aromatic heterocycles. The number of hydrogen-bond donors (Lipinski definition) is 2. The normalized spacial score (nSPS) is 9.95. The Kier molecular flexibility index (Phi) is 3.56. The van der Waals surface area contributed by atoms with Crippen LogP contribution in [-0.2, 0) is 0 Å². The average molecular weight is 256 g/mol. The van der Waals surface area contributed by atoms with Crippen molar-refractivity contribution < 1.29 is 14.7 Å². The fourth-order valence-corrected chi connectivity index (χ4v) is 1.68. The number of hydrogen-bond acceptors (Lipinski definition) is 3. The number of carboxylic acid groups (broad SMARTS) is 1. The quantitative estimate of drug-likeness (QED) is 0.883. The second-order valence-electron chi connectivity index (χ2n) is 3.97. The van der Waals surface area contributed by atoms with Gasteiger partial charge < -0.3 is 10.4 Å². The molecule has 1 heterocycles. The molecule has 0 saturated carbocycles. The Morgan fingerprint density at radius 2 is 1.89 bits per heavy atom. The van der Waals surface area contributed by atoms with E-state index in [-0.39, 0.29) is 16.9 Å². The Bertz CT molecular complexity index is 638. The predicted octanol–water partition coefficient (Wildman–Crippen LogP) is 2.34. The first-order valence-electron chi connectivity index (χ1n) is 5.65.